The summed E-state index contributed by atoms with van der Waals surface area (Å²) in [6, 6.07) is 7.15. The van der Waals surface area contributed by atoms with E-state index in [2.05, 4.69) is 13.8 Å². The Kier molecular flexibility index (Phi) is 4.08. The molecule has 4 saturated carbocycles. The highest BCUT2D eigenvalue weighted by atomic mass is 16.6. The number of rotatable bonds is 5. The van der Waals surface area contributed by atoms with Gasteiger partial charge in [-0.25, -0.2) is 0 Å². The Morgan fingerprint density at radius 1 is 1.12 bits per heavy atom. The van der Waals surface area contributed by atoms with Gasteiger partial charge in [0.25, 0.3) is 5.69 Å². The molecule has 5 nitrogen and oxygen atoms in total. The molecule has 0 N–H and O–H groups in total. The molecule has 0 aromatic heterocycles. The average Bonchev–Trinajstić information content (AvgIpc) is 2.61. The molecule has 0 radical (unpaired) electrons. The van der Waals surface area contributed by atoms with Gasteiger partial charge in [-0.15, -0.1) is 0 Å². The summed E-state index contributed by atoms with van der Waals surface area (Å²) in [6.45, 7) is 5.68. The van der Waals surface area contributed by atoms with Crippen molar-refractivity contribution in [2.24, 2.45) is 17.3 Å². The third-order valence-electron chi connectivity index (χ3n) is 7.26. The Bertz CT molecular complexity index is 709. The van der Waals surface area contributed by atoms with E-state index in [1.54, 1.807) is 12.1 Å². The summed E-state index contributed by atoms with van der Waals surface area (Å²) in [7, 11) is 0. The summed E-state index contributed by atoms with van der Waals surface area (Å²) >= 11 is 0. The van der Waals surface area contributed by atoms with Crippen LogP contribution in [0.3, 0.4) is 0 Å². The van der Waals surface area contributed by atoms with Gasteiger partial charge in [-0.2, -0.15) is 0 Å². The first-order valence-corrected chi connectivity index (χ1v) is 9.96. The van der Waals surface area contributed by atoms with Crippen molar-refractivity contribution in [3.63, 3.8) is 0 Å². The van der Waals surface area contributed by atoms with Crippen LogP contribution in [0.4, 0.5) is 5.69 Å². The highest BCUT2D eigenvalue weighted by Crippen LogP contribution is 2.66. The number of non-ortho nitro benzene ring substituents is 1. The summed E-state index contributed by atoms with van der Waals surface area (Å²) in [5, 5.41) is 11.0. The lowest BCUT2D eigenvalue weighted by Gasteiger charge is -2.62. The molecule has 1 aromatic carbocycles. The molecule has 5 heteroatoms. The minimum absolute atomic E-state index is 0.0298. The van der Waals surface area contributed by atoms with Crippen molar-refractivity contribution in [1.29, 1.82) is 0 Å². The SMILES string of the molecule is CCN(CC)C(=O)C12CC3CC(C1)CC(c1ccc([N+](=O)[O-])cc1)(C3)C2. The van der Waals surface area contributed by atoms with Gasteiger partial charge in [0.1, 0.15) is 0 Å². The maximum absolute atomic E-state index is 13.4. The van der Waals surface area contributed by atoms with Crippen molar-refractivity contribution in [2.45, 2.75) is 57.8 Å². The highest BCUT2D eigenvalue weighted by Gasteiger charge is 2.61. The molecule has 1 aromatic rings. The van der Waals surface area contributed by atoms with E-state index in [0.29, 0.717) is 17.7 Å². The topological polar surface area (TPSA) is 63.5 Å². The fourth-order valence-corrected chi connectivity index (χ4v) is 6.63. The Hall–Kier alpha value is -1.91. The third kappa shape index (κ3) is 2.55. The number of hydrogen-bond acceptors (Lipinski definition) is 3. The lowest BCUT2D eigenvalue weighted by molar-refractivity contribution is -0.384. The Balaban J connectivity index is 1.70. The summed E-state index contributed by atoms with van der Waals surface area (Å²) in [5.74, 6) is 1.58. The second kappa shape index (κ2) is 6.07. The quantitative estimate of drug-likeness (QED) is 0.583. The van der Waals surface area contributed by atoms with Crippen LogP contribution in [0.5, 0.6) is 0 Å². The zero-order valence-electron chi connectivity index (χ0n) is 15.7. The number of carbonyl (C=O) groups is 1. The molecule has 1 amide bonds. The third-order valence-corrected chi connectivity index (χ3v) is 7.26. The predicted octanol–water partition coefficient (Wildman–Crippen LogP) is 4.30. The van der Waals surface area contributed by atoms with E-state index < -0.39 is 0 Å². The zero-order valence-corrected chi connectivity index (χ0v) is 15.7. The molecule has 0 spiro atoms. The van der Waals surface area contributed by atoms with E-state index in [1.165, 1.54) is 12.0 Å². The lowest BCUT2D eigenvalue weighted by atomic mass is 9.42. The summed E-state index contributed by atoms with van der Waals surface area (Å²) < 4.78 is 0. The maximum Gasteiger partial charge on any atom is 0.269 e. The maximum atomic E-state index is 13.4. The minimum atomic E-state index is -0.338. The second-order valence-electron chi connectivity index (χ2n) is 8.80. The van der Waals surface area contributed by atoms with Gasteiger partial charge in [-0.1, -0.05) is 12.1 Å². The van der Waals surface area contributed by atoms with Gasteiger partial charge in [0.05, 0.1) is 10.3 Å². The van der Waals surface area contributed by atoms with E-state index in [0.717, 1.165) is 45.2 Å². The van der Waals surface area contributed by atoms with Crippen LogP contribution in [0, 0.1) is 27.4 Å². The van der Waals surface area contributed by atoms with Gasteiger partial charge in [-0.05, 0) is 75.2 Å². The molecule has 4 aliphatic rings. The van der Waals surface area contributed by atoms with Crippen molar-refractivity contribution in [3.8, 4) is 0 Å². The Morgan fingerprint density at radius 2 is 1.69 bits per heavy atom. The number of nitro groups is 1. The van der Waals surface area contributed by atoms with Crippen LogP contribution >= 0.6 is 0 Å². The van der Waals surface area contributed by atoms with E-state index >= 15 is 0 Å². The first kappa shape index (κ1) is 17.5. The molecule has 26 heavy (non-hydrogen) atoms. The molecule has 4 fully saturated rings. The number of benzene rings is 1. The molecule has 5 rings (SSSR count). The first-order chi connectivity index (χ1) is 12.4. The first-order valence-electron chi connectivity index (χ1n) is 9.96. The highest BCUT2D eigenvalue weighted by molar-refractivity contribution is 5.83. The zero-order chi connectivity index (χ0) is 18.5. The largest absolute Gasteiger partial charge is 0.343 e. The van der Waals surface area contributed by atoms with Gasteiger partial charge in [0.2, 0.25) is 5.91 Å². The molecule has 2 unspecified atom stereocenters. The number of hydrogen-bond donors (Lipinski definition) is 0. The number of nitrogens with zero attached hydrogens (tertiary/aromatic N) is 2. The van der Waals surface area contributed by atoms with E-state index in [4.69, 9.17) is 0 Å². The standard InChI is InChI=1S/C21H28N2O3/c1-3-22(4-2)19(24)21-12-15-9-16(13-21)11-20(10-15,14-21)17-5-7-18(8-6-17)23(25)26/h5-8,15-16H,3-4,9-14H2,1-2H3. The van der Waals surface area contributed by atoms with Crippen molar-refractivity contribution >= 4 is 11.6 Å². The van der Waals surface area contributed by atoms with E-state index in [-0.39, 0.29) is 21.4 Å². The fraction of sp³-hybridized carbons (Fsp3) is 0.667. The van der Waals surface area contributed by atoms with Crippen molar-refractivity contribution in [2.75, 3.05) is 13.1 Å². The molecular weight excluding hydrogens is 328 g/mol. The lowest BCUT2D eigenvalue weighted by Crippen LogP contribution is -2.59. The predicted molar refractivity (Wildman–Crippen MR) is 99.8 cm³/mol. The normalized spacial score (nSPS) is 34.7. The Labute approximate surface area is 154 Å². The minimum Gasteiger partial charge on any atom is -0.343 e. The molecule has 0 aliphatic heterocycles. The van der Waals surface area contributed by atoms with Crippen LogP contribution in [0.25, 0.3) is 0 Å². The van der Waals surface area contributed by atoms with Crippen LogP contribution < -0.4 is 0 Å². The van der Waals surface area contributed by atoms with Gasteiger partial charge >= 0.3 is 0 Å². The van der Waals surface area contributed by atoms with Crippen LogP contribution in [-0.2, 0) is 10.2 Å². The van der Waals surface area contributed by atoms with Gasteiger partial charge in [-0.3, -0.25) is 14.9 Å². The van der Waals surface area contributed by atoms with Gasteiger partial charge in [0.15, 0.2) is 0 Å². The second-order valence-corrected chi connectivity index (χ2v) is 8.80. The summed E-state index contributed by atoms with van der Waals surface area (Å²) in [5.41, 5.74) is 1.17. The monoisotopic (exact) mass is 356 g/mol. The van der Waals surface area contributed by atoms with Crippen LogP contribution in [-0.4, -0.2) is 28.8 Å². The molecule has 4 aliphatic carbocycles. The van der Waals surface area contributed by atoms with Gasteiger partial charge < -0.3 is 4.90 Å². The molecule has 2 atom stereocenters. The number of nitro benzene ring substituents is 1. The molecule has 0 heterocycles. The van der Waals surface area contributed by atoms with Gasteiger partial charge in [0, 0.05) is 25.2 Å². The molecule has 0 saturated heterocycles. The molecule has 4 bridgehead atoms. The van der Waals surface area contributed by atoms with Crippen LogP contribution in [0.15, 0.2) is 24.3 Å². The van der Waals surface area contributed by atoms with Crippen molar-refractivity contribution in [1.82, 2.24) is 4.90 Å². The van der Waals surface area contributed by atoms with E-state index in [1.807, 2.05) is 17.0 Å². The van der Waals surface area contributed by atoms with Crippen LogP contribution in [0.2, 0.25) is 0 Å². The number of carbonyl (C=O) groups excluding carboxylic acids is 1. The van der Waals surface area contributed by atoms with Crippen molar-refractivity contribution < 1.29 is 9.72 Å². The van der Waals surface area contributed by atoms with Crippen LogP contribution in [0.1, 0.15) is 57.9 Å². The van der Waals surface area contributed by atoms with E-state index in [9.17, 15) is 14.9 Å². The average molecular weight is 356 g/mol. The summed E-state index contributed by atoms with van der Waals surface area (Å²) in [6.07, 6.45) is 6.51. The molecular formula is C21H28N2O3. The smallest absolute Gasteiger partial charge is 0.269 e. The fourth-order valence-electron chi connectivity index (χ4n) is 6.63. The number of amides is 1. The Morgan fingerprint density at radius 3 is 2.19 bits per heavy atom. The van der Waals surface area contributed by atoms with Crippen molar-refractivity contribution in [3.05, 3.63) is 39.9 Å². The summed E-state index contributed by atoms with van der Waals surface area (Å²) in [4.78, 5) is 26.1. The molecule has 140 valence electrons.